The van der Waals surface area contributed by atoms with Crippen molar-refractivity contribution in [2.24, 2.45) is 11.8 Å². The first kappa shape index (κ1) is 9.18. The first-order valence-corrected chi connectivity index (χ1v) is 5.08. The third-order valence-corrected chi connectivity index (χ3v) is 3.31. The van der Waals surface area contributed by atoms with Gasteiger partial charge >= 0.3 is 0 Å². The SMILES string of the molecule is C/C(=C/S)C1CCCCC1C. The summed E-state index contributed by atoms with van der Waals surface area (Å²) in [6.45, 7) is 4.57. The molecule has 1 rings (SSSR count). The summed E-state index contributed by atoms with van der Waals surface area (Å²) in [5, 5.41) is 1.98. The third kappa shape index (κ3) is 2.26. The van der Waals surface area contributed by atoms with Gasteiger partial charge < -0.3 is 0 Å². The number of rotatable bonds is 1. The second kappa shape index (κ2) is 4.20. The molecule has 0 nitrogen and oxygen atoms in total. The topological polar surface area (TPSA) is 0 Å². The molecule has 0 saturated heterocycles. The van der Waals surface area contributed by atoms with Crippen molar-refractivity contribution in [3.05, 3.63) is 11.0 Å². The Morgan fingerprint density at radius 3 is 2.55 bits per heavy atom. The summed E-state index contributed by atoms with van der Waals surface area (Å²) in [4.78, 5) is 0. The van der Waals surface area contributed by atoms with E-state index < -0.39 is 0 Å². The maximum atomic E-state index is 4.20. The van der Waals surface area contributed by atoms with Crippen molar-refractivity contribution < 1.29 is 0 Å². The van der Waals surface area contributed by atoms with E-state index in [4.69, 9.17) is 0 Å². The van der Waals surface area contributed by atoms with Crippen LogP contribution in [0.2, 0.25) is 0 Å². The summed E-state index contributed by atoms with van der Waals surface area (Å²) >= 11 is 4.20. The molecular formula is C10H18S. The summed E-state index contributed by atoms with van der Waals surface area (Å²) in [5.41, 5.74) is 1.47. The summed E-state index contributed by atoms with van der Waals surface area (Å²) in [7, 11) is 0. The molecule has 11 heavy (non-hydrogen) atoms. The molecule has 0 spiro atoms. The van der Waals surface area contributed by atoms with Crippen LogP contribution >= 0.6 is 12.6 Å². The van der Waals surface area contributed by atoms with E-state index in [0.29, 0.717) is 0 Å². The zero-order chi connectivity index (χ0) is 8.27. The van der Waals surface area contributed by atoms with E-state index in [-0.39, 0.29) is 0 Å². The van der Waals surface area contributed by atoms with Gasteiger partial charge in [0.25, 0.3) is 0 Å². The Morgan fingerprint density at radius 1 is 1.36 bits per heavy atom. The first-order valence-electron chi connectivity index (χ1n) is 4.56. The highest BCUT2D eigenvalue weighted by Gasteiger charge is 2.21. The van der Waals surface area contributed by atoms with Crippen LogP contribution in [0.15, 0.2) is 11.0 Å². The molecule has 0 amide bonds. The van der Waals surface area contributed by atoms with E-state index in [0.717, 1.165) is 11.8 Å². The minimum atomic E-state index is 0.821. The molecule has 0 aliphatic heterocycles. The van der Waals surface area contributed by atoms with E-state index >= 15 is 0 Å². The molecule has 0 aromatic heterocycles. The smallest absolute Gasteiger partial charge is 0.0172 e. The maximum absolute atomic E-state index is 4.20. The van der Waals surface area contributed by atoms with Gasteiger partial charge in [-0.2, -0.15) is 12.6 Å². The lowest BCUT2D eigenvalue weighted by Crippen LogP contribution is -2.17. The largest absolute Gasteiger partial charge is 0.151 e. The predicted molar refractivity (Wildman–Crippen MR) is 53.9 cm³/mol. The lowest BCUT2D eigenvalue weighted by Gasteiger charge is -2.29. The zero-order valence-corrected chi connectivity index (χ0v) is 8.40. The van der Waals surface area contributed by atoms with Gasteiger partial charge in [0.1, 0.15) is 0 Å². The Balaban J connectivity index is 2.54. The number of thiol groups is 1. The average Bonchev–Trinajstić information content (AvgIpc) is 2.04. The number of allylic oxidation sites excluding steroid dienone is 1. The van der Waals surface area contributed by atoms with Crippen molar-refractivity contribution in [3.63, 3.8) is 0 Å². The van der Waals surface area contributed by atoms with Gasteiger partial charge in [-0.15, -0.1) is 0 Å². The maximum Gasteiger partial charge on any atom is -0.0172 e. The lowest BCUT2D eigenvalue weighted by atomic mass is 9.77. The lowest BCUT2D eigenvalue weighted by molar-refractivity contribution is 0.294. The summed E-state index contributed by atoms with van der Waals surface area (Å²) < 4.78 is 0. The quantitative estimate of drug-likeness (QED) is 0.571. The van der Waals surface area contributed by atoms with Gasteiger partial charge in [0.2, 0.25) is 0 Å². The molecule has 2 unspecified atom stereocenters. The van der Waals surface area contributed by atoms with Crippen LogP contribution in [0, 0.1) is 11.8 Å². The highest BCUT2D eigenvalue weighted by Crippen LogP contribution is 2.34. The molecule has 0 heterocycles. The molecule has 64 valence electrons. The molecule has 2 atom stereocenters. The van der Waals surface area contributed by atoms with Crippen molar-refractivity contribution in [3.8, 4) is 0 Å². The predicted octanol–water partition coefficient (Wildman–Crippen LogP) is 3.65. The van der Waals surface area contributed by atoms with Crippen LogP contribution in [0.4, 0.5) is 0 Å². The van der Waals surface area contributed by atoms with E-state index in [1.165, 1.54) is 31.3 Å². The van der Waals surface area contributed by atoms with E-state index in [1.54, 1.807) is 0 Å². The standard InChI is InChI=1S/C10H18S/c1-8-5-3-4-6-10(8)9(2)7-11/h7-8,10-11H,3-6H2,1-2H3/b9-7-. The Bertz CT molecular complexity index is 149. The summed E-state index contributed by atoms with van der Waals surface area (Å²) in [5.74, 6) is 1.70. The van der Waals surface area contributed by atoms with Crippen molar-refractivity contribution >= 4 is 12.6 Å². The third-order valence-electron chi connectivity index (χ3n) is 2.90. The Hall–Kier alpha value is 0.0900. The van der Waals surface area contributed by atoms with Gasteiger partial charge in [0.15, 0.2) is 0 Å². The molecule has 0 aromatic carbocycles. The highest BCUT2D eigenvalue weighted by molar-refractivity contribution is 7.83. The van der Waals surface area contributed by atoms with E-state index in [1.807, 2.05) is 5.41 Å². The average molecular weight is 170 g/mol. The number of hydrogen-bond donors (Lipinski definition) is 1. The summed E-state index contributed by atoms with van der Waals surface area (Å²) in [6, 6.07) is 0. The fourth-order valence-electron chi connectivity index (χ4n) is 2.09. The fourth-order valence-corrected chi connectivity index (χ4v) is 2.28. The van der Waals surface area contributed by atoms with Gasteiger partial charge in [-0.05, 0) is 30.6 Å². The zero-order valence-electron chi connectivity index (χ0n) is 7.51. The Labute approximate surface area is 75.5 Å². The second-order valence-electron chi connectivity index (χ2n) is 3.74. The van der Waals surface area contributed by atoms with E-state index in [2.05, 4.69) is 26.5 Å². The normalized spacial score (nSPS) is 33.9. The van der Waals surface area contributed by atoms with Gasteiger partial charge in [0, 0.05) is 0 Å². The Morgan fingerprint density at radius 2 is 2.00 bits per heavy atom. The molecule has 1 saturated carbocycles. The second-order valence-corrected chi connectivity index (χ2v) is 4.00. The molecule has 1 aliphatic rings. The Kier molecular flexibility index (Phi) is 3.50. The van der Waals surface area contributed by atoms with Crippen LogP contribution in [-0.4, -0.2) is 0 Å². The van der Waals surface area contributed by atoms with Crippen LogP contribution in [-0.2, 0) is 0 Å². The molecule has 0 aromatic rings. The van der Waals surface area contributed by atoms with Gasteiger partial charge in [-0.1, -0.05) is 31.8 Å². The molecule has 1 heteroatoms. The minimum absolute atomic E-state index is 0.821. The monoisotopic (exact) mass is 170 g/mol. The first-order chi connectivity index (χ1) is 5.25. The molecule has 1 fully saturated rings. The van der Waals surface area contributed by atoms with Crippen LogP contribution in [0.5, 0.6) is 0 Å². The van der Waals surface area contributed by atoms with Crippen LogP contribution in [0.1, 0.15) is 39.5 Å². The minimum Gasteiger partial charge on any atom is -0.151 e. The molecule has 0 bridgehead atoms. The molecule has 0 N–H and O–H groups in total. The van der Waals surface area contributed by atoms with Crippen LogP contribution < -0.4 is 0 Å². The van der Waals surface area contributed by atoms with Gasteiger partial charge in [0.05, 0.1) is 0 Å². The van der Waals surface area contributed by atoms with E-state index in [9.17, 15) is 0 Å². The van der Waals surface area contributed by atoms with Crippen molar-refractivity contribution in [1.82, 2.24) is 0 Å². The van der Waals surface area contributed by atoms with Gasteiger partial charge in [-0.3, -0.25) is 0 Å². The van der Waals surface area contributed by atoms with Crippen molar-refractivity contribution in [2.45, 2.75) is 39.5 Å². The molecular weight excluding hydrogens is 152 g/mol. The van der Waals surface area contributed by atoms with Crippen molar-refractivity contribution in [1.29, 1.82) is 0 Å². The summed E-state index contributed by atoms with van der Waals surface area (Å²) in [6.07, 6.45) is 5.62. The fraction of sp³-hybridized carbons (Fsp3) is 0.800. The van der Waals surface area contributed by atoms with Crippen LogP contribution in [0.3, 0.4) is 0 Å². The van der Waals surface area contributed by atoms with Gasteiger partial charge in [-0.25, -0.2) is 0 Å². The number of hydrogen-bond acceptors (Lipinski definition) is 1. The molecule has 1 aliphatic carbocycles. The van der Waals surface area contributed by atoms with Crippen LogP contribution in [0.25, 0.3) is 0 Å². The van der Waals surface area contributed by atoms with Crippen molar-refractivity contribution in [2.75, 3.05) is 0 Å². The highest BCUT2D eigenvalue weighted by atomic mass is 32.1. The molecule has 0 radical (unpaired) electrons.